The summed E-state index contributed by atoms with van der Waals surface area (Å²) in [5.74, 6) is 1.00. The SMILES string of the molecule is c1ccc2c(c1)OCCCN2c1cccc2c1CCNC2. The molecule has 2 aliphatic heterocycles. The Morgan fingerprint density at radius 1 is 1.00 bits per heavy atom. The monoisotopic (exact) mass is 280 g/mol. The van der Waals surface area contributed by atoms with E-state index in [1.807, 2.05) is 6.07 Å². The van der Waals surface area contributed by atoms with Gasteiger partial charge in [-0.2, -0.15) is 0 Å². The first kappa shape index (κ1) is 12.7. The number of nitrogens with zero attached hydrogens (tertiary/aromatic N) is 1. The number of para-hydroxylation sites is 2. The van der Waals surface area contributed by atoms with Crippen LogP contribution in [0, 0.1) is 0 Å². The first-order valence-corrected chi connectivity index (χ1v) is 7.74. The zero-order valence-electron chi connectivity index (χ0n) is 12.1. The molecule has 2 aliphatic rings. The molecule has 2 aromatic carbocycles. The van der Waals surface area contributed by atoms with Gasteiger partial charge in [-0.05, 0) is 48.7 Å². The normalized spacial score (nSPS) is 17.4. The van der Waals surface area contributed by atoms with Crippen molar-refractivity contribution in [3.8, 4) is 5.75 Å². The highest BCUT2D eigenvalue weighted by Gasteiger charge is 2.21. The maximum atomic E-state index is 5.89. The maximum absolute atomic E-state index is 5.89. The number of nitrogens with one attached hydrogen (secondary N) is 1. The quantitative estimate of drug-likeness (QED) is 0.868. The lowest BCUT2D eigenvalue weighted by atomic mass is 9.98. The van der Waals surface area contributed by atoms with Gasteiger partial charge < -0.3 is 15.0 Å². The minimum atomic E-state index is 0.796. The molecule has 108 valence electrons. The molecule has 0 atom stereocenters. The lowest BCUT2D eigenvalue weighted by Gasteiger charge is -2.29. The van der Waals surface area contributed by atoms with Crippen molar-refractivity contribution in [3.63, 3.8) is 0 Å². The predicted octanol–water partition coefficient (Wildman–Crippen LogP) is 3.25. The summed E-state index contributed by atoms with van der Waals surface area (Å²) in [6.07, 6.45) is 2.15. The van der Waals surface area contributed by atoms with Gasteiger partial charge in [0, 0.05) is 18.8 Å². The Balaban J connectivity index is 1.83. The zero-order valence-corrected chi connectivity index (χ0v) is 12.1. The van der Waals surface area contributed by atoms with Gasteiger partial charge in [-0.15, -0.1) is 0 Å². The molecular formula is C18H20N2O. The van der Waals surface area contributed by atoms with Gasteiger partial charge in [0.2, 0.25) is 0 Å². The van der Waals surface area contributed by atoms with Gasteiger partial charge >= 0.3 is 0 Å². The lowest BCUT2D eigenvalue weighted by Crippen LogP contribution is -2.27. The summed E-state index contributed by atoms with van der Waals surface area (Å²) in [4.78, 5) is 2.44. The molecule has 0 saturated carbocycles. The molecule has 0 amide bonds. The summed E-state index contributed by atoms with van der Waals surface area (Å²) in [6, 6.07) is 15.1. The second-order valence-corrected chi connectivity index (χ2v) is 5.66. The molecule has 4 rings (SSSR count). The fraction of sp³-hybridized carbons (Fsp3) is 0.333. The minimum Gasteiger partial charge on any atom is -0.491 e. The highest BCUT2D eigenvalue weighted by molar-refractivity contribution is 5.72. The standard InChI is InChI=1S/C18H20N2O/c1-2-8-18-17(6-1)20(11-4-12-21-18)16-7-3-5-14-13-19-10-9-15(14)16/h1-3,5-8,19H,4,9-13H2. The zero-order chi connectivity index (χ0) is 14.1. The Morgan fingerprint density at radius 2 is 1.90 bits per heavy atom. The third kappa shape index (κ3) is 2.28. The van der Waals surface area contributed by atoms with E-state index in [4.69, 9.17) is 4.74 Å². The second-order valence-electron chi connectivity index (χ2n) is 5.66. The summed E-state index contributed by atoms with van der Waals surface area (Å²) in [6.45, 7) is 3.86. The van der Waals surface area contributed by atoms with E-state index in [9.17, 15) is 0 Å². The third-order valence-electron chi connectivity index (χ3n) is 4.35. The molecular weight excluding hydrogens is 260 g/mol. The van der Waals surface area contributed by atoms with Crippen molar-refractivity contribution in [2.45, 2.75) is 19.4 Å². The van der Waals surface area contributed by atoms with Crippen molar-refractivity contribution < 1.29 is 4.74 Å². The highest BCUT2D eigenvalue weighted by Crippen LogP contribution is 2.38. The van der Waals surface area contributed by atoms with Gasteiger partial charge in [-0.1, -0.05) is 24.3 Å². The predicted molar refractivity (Wildman–Crippen MR) is 85.4 cm³/mol. The first-order chi connectivity index (χ1) is 10.4. The molecule has 3 heteroatoms. The van der Waals surface area contributed by atoms with E-state index in [-0.39, 0.29) is 0 Å². The van der Waals surface area contributed by atoms with Crippen LogP contribution >= 0.6 is 0 Å². The molecule has 2 aromatic rings. The van der Waals surface area contributed by atoms with Crippen molar-refractivity contribution in [1.29, 1.82) is 0 Å². The Hall–Kier alpha value is -2.00. The molecule has 0 fully saturated rings. The number of anilines is 2. The number of hydrogen-bond donors (Lipinski definition) is 1. The maximum Gasteiger partial charge on any atom is 0.142 e. The van der Waals surface area contributed by atoms with E-state index in [0.717, 1.165) is 44.8 Å². The molecule has 0 unspecified atom stereocenters. The number of ether oxygens (including phenoxy) is 1. The average molecular weight is 280 g/mol. The lowest BCUT2D eigenvalue weighted by molar-refractivity contribution is 0.322. The van der Waals surface area contributed by atoms with E-state index < -0.39 is 0 Å². The van der Waals surface area contributed by atoms with Gasteiger partial charge in [0.25, 0.3) is 0 Å². The van der Waals surface area contributed by atoms with Crippen LogP contribution in [0.4, 0.5) is 11.4 Å². The van der Waals surface area contributed by atoms with Gasteiger partial charge in [-0.3, -0.25) is 0 Å². The number of benzene rings is 2. The molecule has 0 aliphatic carbocycles. The van der Waals surface area contributed by atoms with E-state index >= 15 is 0 Å². The van der Waals surface area contributed by atoms with Gasteiger partial charge in [0.15, 0.2) is 0 Å². The van der Waals surface area contributed by atoms with Crippen molar-refractivity contribution in [1.82, 2.24) is 5.32 Å². The Kier molecular flexibility index (Phi) is 3.28. The van der Waals surface area contributed by atoms with Crippen LogP contribution < -0.4 is 15.0 Å². The summed E-state index contributed by atoms with van der Waals surface area (Å²) in [5.41, 5.74) is 5.48. The minimum absolute atomic E-state index is 0.796. The second kappa shape index (κ2) is 5.41. The van der Waals surface area contributed by atoms with Crippen LogP contribution in [0.1, 0.15) is 17.5 Å². The topological polar surface area (TPSA) is 24.5 Å². The number of hydrogen-bond acceptors (Lipinski definition) is 3. The number of fused-ring (bicyclic) bond motifs is 2. The molecule has 0 spiro atoms. The molecule has 3 nitrogen and oxygen atoms in total. The fourth-order valence-corrected chi connectivity index (χ4v) is 3.34. The Labute approximate surface area is 125 Å². The van der Waals surface area contributed by atoms with Crippen LogP contribution in [-0.4, -0.2) is 19.7 Å². The van der Waals surface area contributed by atoms with Crippen molar-refractivity contribution in [2.24, 2.45) is 0 Å². The summed E-state index contributed by atoms with van der Waals surface area (Å²) in [7, 11) is 0. The number of rotatable bonds is 1. The summed E-state index contributed by atoms with van der Waals surface area (Å²) >= 11 is 0. The van der Waals surface area contributed by atoms with Crippen molar-refractivity contribution >= 4 is 11.4 Å². The molecule has 2 heterocycles. The molecule has 0 aromatic heterocycles. The average Bonchev–Trinajstić information content (AvgIpc) is 2.77. The molecule has 1 N–H and O–H groups in total. The van der Waals surface area contributed by atoms with Crippen LogP contribution in [0.15, 0.2) is 42.5 Å². The van der Waals surface area contributed by atoms with Crippen molar-refractivity contribution in [2.75, 3.05) is 24.6 Å². The third-order valence-corrected chi connectivity index (χ3v) is 4.35. The van der Waals surface area contributed by atoms with E-state index in [1.165, 1.54) is 22.5 Å². The molecule has 0 saturated heterocycles. The summed E-state index contributed by atoms with van der Waals surface area (Å²) in [5, 5.41) is 3.46. The van der Waals surface area contributed by atoms with Gasteiger partial charge in [-0.25, -0.2) is 0 Å². The fourth-order valence-electron chi connectivity index (χ4n) is 3.34. The van der Waals surface area contributed by atoms with Crippen LogP contribution in [-0.2, 0) is 13.0 Å². The highest BCUT2D eigenvalue weighted by atomic mass is 16.5. The van der Waals surface area contributed by atoms with Crippen LogP contribution in [0.3, 0.4) is 0 Å². The van der Waals surface area contributed by atoms with Gasteiger partial charge in [0.1, 0.15) is 5.75 Å². The molecule has 0 bridgehead atoms. The van der Waals surface area contributed by atoms with E-state index in [2.05, 4.69) is 46.6 Å². The Morgan fingerprint density at radius 3 is 2.90 bits per heavy atom. The van der Waals surface area contributed by atoms with Gasteiger partial charge in [0.05, 0.1) is 12.3 Å². The van der Waals surface area contributed by atoms with Crippen LogP contribution in [0.5, 0.6) is 5.75 Å². The smallest absolute Gasteiger partial charge is 0.142 e. The van der Waals surface area contributed by atoms with Crippen molar-refractivity contribution in [3.05, 3.63) is 53.6 Å². The van der Waals surface area contributed by atoms with E-state index in [0.29, 0.717) is 0 Å². The largest absolute Gasteiger partial charge is 0.491 e. The molecule has 0 radical (unpaired) electrons. The Bertz CT molecular complexity index is 653. The molecule has 21 heavy (non-hydrogen) atoms. The van der Waals surface area contributed by atoms with E-state index in [1.54, 1.807) is 0 Å². The van der Waals surface area contributed by atoms with Crippen LogP contribution in [0.25, 0.3) is 0 Å². The summed E-state index contributed by atoms with van der Waals surface area (Å²) < 4.78 is 5.89. The van der Waals surface area contributed by atoms with Crippen LogP contribution in [0.2, 0.25) is 0 Å². The first-order valence-electron chi connectivity index (χ1n) is 7.74.